The van der Waals surface area contributed by atoms with Gasteiger partial charge in [0.05, 0.1) is 0 Å². The summed E-state index contributed by atoms with van der Waals surface area (Å²) >= 11 is 0. The van der Waals surface area contributed by atoms with Gasteiger partial charge in [-0.15, -0.1) is 0 Å². The van der Waals surface area contributed by atoms with Crippen LogP contribution < -0.4 is 11.1 Å². The van der Waals surface area contributed by atoms with E-state index >= 15 is 0 Å². The van der Waals surface area contributed by atoms with E-state index in [9.17, 15) is 9.59 Å². The number of rotatable bonds is 3. The SMILES string of the molecule is C[C@H](NC(=O)c1ccc2[nH]c3c(c2c1)CCCC3)C(N)=O. The van der Waals surface area contributed by atoms with Gasteiger partial charge in [-0.25, -0.2) is 0 Å². The lowest BCUT2D eigenvalue weighted by molar-refractivity contribution is -0.119. The second kappa shape index (κ2) is 5.24. The average Bonchev–Trinajstić information content (AvgIpc) is 2.84. The van der Waals surface area contributed by atoms with E-state index in [2.05, 4.69) is 10.3 Å². The lowest BCUT2D eigenvalue weighted by atomic mass is 9.95. The van der Waals surface area contributed by atoms with Gasteiger partial charge in [-0.1, -0.05) is 0 Å². The molecule has 21 heavy (non-hydrogen) atoms. The molecular weight excluding hydrogens is 266 g/mol. The summed E-state index contributed by atoms with van der Waals surface area (Å²) in [5.41, 5.74) is 9.42. The summed E-state index contributed by atoms with van der Waals surface area (Å²) in [5.74, 6) is -0.808. The minimum atomic E-state index is -0.673. The molecule has 0 spiro atoms. The Labute approximate surface area is 122 Å². The summed E-state index contributed by atoms with van der Waals surface area (Å²) in [5, 5.41) is 3.72. The highest BCUT2D eigenvalue weighted by molar-refractivity contribution is 6.00. The van der Waals surface area contributed by atoms with Crippen molar-refractivity contribution in [1.82, 2.24) is 10.3 Å². The zero-order valence-electron chi connectivity index (χ0n) is 12.0. The summed E-state index contributed by atoms with van der Waals surface area (Å²) < 4.78 is 0. The smallest absolute Gasteiger partial charge is 0.251 e. The number of carbonyl (C=O) groups excluding carboxylic acids is 2. The van der Waals surface area contributed by atoms with E-state index in [4.69, 9.17) is 5.73 Å². The first-order valence-corrected chi connectivity index (χ1v) is 7.30. The molecule has 0 saturated carbocycles. The van der Waals surface area contributed by atoms with Crippen molar-refractivity contribution in [2.24, 2.45) is 5.73 Å². The molecule has 0 saturated heterocycles. The van der Waals surface area contributed by atoms with Crippen molar-refractivity contribution < 1.29 is 9.59 Å². The number of H-pyrrole nitrogens is 1. The molecule has 0 radical (unpaired) electrons. The molecule has 1 aromatic heterocycles. The third-order valence-corrected chi connectivity index (χ3v) is 4.13. The zero-order chi connectivity index (χ0) is 15.0. The van der Waals surface area contributed by atoms with Crippen LogP contribution in [-0.2, 0) is 17.6 Å². The van der Waals surface area contributed by atoms with Gasteiger partial charge in [-0.2, -0.15) is 0 Å². The summed E-state index contributed by atoms with van der Waals surface area (Å²) in [4.78, 5) is 26.6. The molecule has 5 nitrogen and oxygen atoms in total. The van der Waals surface area contributed by atoms with Gasteiger partial charge in [0.25, 0.3) is 5.91 Å². The van der Waals surface area contributed by atoms with Gasteiger partial charge in [-0.3, -0.25) is 9.59 Å². The molecule has 110 valence electrons. The first kappa shape index (κ1) is 13.7. The van der Waals surface area contributed by atoms with Crippen LogP contribution in [0.15, 0.2) is 18.2 Å². The van der Waals surface area contributed by atoms with E-state index in [1.807, 2.05) is 12.1 Å². The summed E-state index contributed by atoms with van der Waals surface area (Å²) in [6.07, 6.45) is 4.53. The lowest BCUT2D eigenvalue weighted by Crippen LogP contribution is -2.42. The van der Waals surface area contributed by atoms with Crippen LogP contribution in [0.3, 0.4) is 0 Å². The van der Waals surface area contributed by atoms with Crippen molar-refractivity contribution in [1.29, 1.82) is 0 Å². The van der Waals surface area contributed by atoms with E-state index in [0.29, 0.717) is 5.56 Å². The predicted octanol–water partition coefficient (Wildman–Crippen LogP) is 1.65. The topological polar surface area (TPSA) is 88.0 Å². The molecule has 4 N–H and O–H groups in total. The highest BCUT2D eigenvalue weighted by Crippen LogP contribution is 2.29. The Bertz CT molecular complexity index is 718. The van der Waals surface area contributed by atoms with E-state index in [1.54, 1.807) is 13.0 Å². The number of aryl methyl sites for hydroxylation is 2. The van der Waals surface area contributed by atoms with Gasteiger partial charge in [0.1, 0.15) is 6.04 Å². The summed E-state index contributed by atoms with van der Waals surface area (Å²) in [6, 6.07) is 4.93. The number of primary amides is 1. The largest absolute Gasteiger partial charge is 0.368 e. The molecule has 5 heteroatoms. The molecule has 0 unspecified atom stereocenters. The molecule has 1 atom stereocenters. The van der Waals surface area contributed by atoms with Gasteiger partial charge in [-0.05, 0) is 56.4 Å². The lowest BCUT2D eigenvalue weighted by Gasteiger charge is -2.11. The molecule has 1 aliphatic rings. The number of hydrogen-bond acceptors (Lipinski definition) is 2. The molecule has 2 amide bonds. The molecular formula is C16H19N3O2. The number of hydrogen-bond donors (Lipinski definition) is 3. The fourth-order valence-corrected chi connectivity index (χ4v) is 2.90. The Morgan fingerprint density at radius 2 is 2.05 bits per heavy atom. The molecule has 0 fully saturated rings. The number of amides is 2. The minimum Gasteiger partial charge on any atom is -0.368 e. The molecule has 2 aromatic rings. The van der Waals surface area contributed by atoms with Gasteiger partial charge in [0.15, 0.2) is 0 Å². The van der Waals surface area contributed by atoms with E-state index in [-0.39, 0.29) is 5.91 Å². The Morgan fingerprint density at radius 1 is 1.29 bits per heavy atom. The molecule has 3 rings (SSSR count). The van der Waals surface area contributed by atoms with Crippen LogP contribution in [0.25, 0.3) is 10.9 Å². The number of aromatic nitrogens is 1. The zero-order valence-corrected chi connectivity index (χ0v) is 12.0. The molecule has 0 aliphatic heterocycles. The number of carbonyl (C=O) groups is 2. The van der Waals surface area contributed by atoms with Gasteiger partial charge < -0.3 is 16.0 Å². The fourth-order valence-electron chi connectivity index (χ4n) is 2.90. The Hall–Kier alpha value is -2.30. The van der Waals surface area contributed by atoms with Crippen LogP contribution >= 0.6 is 0 Å². The molecule has 1 heterocycles. The number of benzene rings is 1. The number of nitrogens with one attached hydrogen (secondary N) is 2. The van der Waals surface area contributed by atoms with Crippen LogP contribution in [0, 0.1) is 0 Å². The van der Waals surface area contributed by atoms with Crippen LogP contribution in [-0.4, -0.2) is 22.8 Å². The summed E-state index contributed by atoms with van der Waals surface area (Å²) in [6.45, 7) is 1.58. The van der Waals surface area contributed by atoms with Crippen LogP contribution in [0.1, 0.15) is 41.4 Å². The highest BCUT2D eigenvalue weighted by Gasteiger charge is 2.18. The molecule has 1 aliphatic carbocycles. The first-order valence-electron chi connectivity index (χ1n) is 7.30. The van der Waals surface area contributed by atoms with Crippen LogP contribution in [0.2, 0.25) is 0 Å². The number of nitrogens with two attached hydrogens (primary N) is 1. The highest BCUT2D eigenvalue weighted by atomic mass is 16.2. The second-order valence-corrected chi connectivity index (χ2v) is 5.65. The second-order valence-electron chi connectivity index (χ2n) is 5.65. The van der Waals surface area contributed by atoms with Gasteiger partial charge in [0.2, 0.25) is 5.91 Å². The maximum atomic E-state index is 12.2. The Balaban J connectivity index is 1.93. The summed E-state index contributed by atoms with van der Waals surface area (Å²) in [7, 11) is 0. The maximum Gasteiger partial charge on any atom is 0.251 e. The quantitative estimate of drug-likeness (QED) is 0.800. The van der Waals surface area contributed by atoms with Crippen LogP contribution in [0.5, 0.6) is 0 Å². The van der Waals surface area contributed by atoms with Crippen molar-refractivity contribution in [2.45, 2.75) is 38.6 Å². The van der Waals surface area contributed by atoms with Crippen molar-refractivity contribution in [2.75, 3.05) is 0 Å². The average molecular weight is 285 g/mol. The number of aromatic amines is 1. The Kier molecular flexibility index (Phi) is 3.41. The normalized spacial score (nSPS) is 15.5. The molecule has 1 aromatic carbocycles. The monoisotopic (exact) mass is 285 g/mol. The third-order valence-electron chi connectivity index (χ3n) is 4.13. The van der Waals surface area contributed by atoms with Crippen molar-refractivity contribution in [3.8, 4) is 0 Å². The Morgan fingerprint density at radius 3 is 2.81 bits per heavy atom. The maximum absolute atomic E-state index is 12.2. The first-order chi connectivity index (χ1) is 10.1. The van der Waals surface area contributed by atoms with E-state index in [0.717, 1.165) is 23.7 Å². The fraction of sp³-hybridized carbons (Fsp3) is 0.375. The van der Waals surface area contributed by atoms with E-state index < -0.39 is 11.9 Å². The predicted molar refractivity (Wildman–Crippen MR) is 81.1 cm³/mol. The van der Waals surface area contributed by atoms with Crippen molar-refractivity contribution >= 4 is 22.7 Å². The molecule has 0 bridgehead atoms. The third kappa shape index (κ3) is 2.51. The number of fused-ring (bicyclic) bond motifs is 3. The van der Waals surface area contributed by atoms with Gasteiger partial charge in [0, 0.05) is 22.2 Å². The van der Waals surface area contributed by atoms with E-state index in [1.165, 1.54) is 24.1 Å². The van der Waals surface area contributed by atoms with Crippen molar-refractivity contribution in [3.63, 3.8) is 0 Å². The van der Waals surface area contributed by atoms with Gasteiger partial charge >= 0.3 is 0 Å². The van der Waals surface area contributed by atoms with Crippen molar-refractivity contribution in [3.05, 3.63) is 35.0 Å². The minimum absolute atomic E-state index is 0.269. The standard InChI is InChI=1S/C16H19N3O2/c1-9(15(17)20)18-16(21)10-6-7-14-12(8-10)11-4-2-3-5-13(11)19-14/h6-9,19H,2-5H2,1H3,(H2,17,20)(H,18,21)/t9-/m0/s1. The van der Waals surface area contributed by atoms with Crippen LogP contribution in [0.4, 0.5) is 0 Å².